The van der Waals surface area contributed by atoms with Crippen LogP contribution in [0.5, 0.6) is 0 Å². The Kier molecular flexibility index (Phi) is 14.1. The molecule has 4 heterocycles. The minimum Gasteiger partial charge on any atom is -0.394 e. The van der Waals surface area contributed by atoms with E-state index in [1.54, 1.807) is 0 Å². The Bertz CT molecular complexity index is 1550. The number of aliphatic hydroxyl groups excluding tert-OH is 14. The van der Waals surface area contributed by atoms with Crippen molar-refractivity contribution in [1.29, 1.82) is 0 Å². The van der Waals surface area contributed by atoms with E-state index >= 15 is 0 Å². The van der Waals surface area contributed by atoms with E-state index in [4.69, 9.17) is 28.7 Å². The minimum atomic E-state index is -1.79. The predicted molar refractivity (Wildman–Crippen MR) is 181 cm³/mol. The Hall–Kier alpha value is -2.36. The standard InChI is InChI=1S/C36H50O20/c37-9-17-21(41)25(45)28(48)31(51-17)13-4-6-14(7-5-13)34-36(27(47)23(43)19(11-39)54-34)56-55-35-24(44)20(12-40)53-33(30(35)50)16-3-1-2-15(8-16)32-29(49)26(46)22(42)18(10-38)52-32/h1-8,17-50H,9-12H2. The molecule has 0 amide bonds. The summed E-state index contributed by atoms with van der Waals surface area (Å²) in [4.78, 5) is 11.2. The average molecular weight is 803 g/mol. The number of ether oxygens (including phenoxy) is 4. The number of rotatable bonds is 11. The van der Waals surface area contributed by atoms with Gasteiger partial charge in [0, 0.05) is 0 Å². The lowest BCUT2D eigenvalue weighted by Crippen LogP contribution is -2.59. The average Bonchev–Trinajstić information content (AvgIpc) is 3.21. The summed E-state index contributed by atoms with van der Waals surface area (Å²) in [6.07, 6.45) is -29.9. The van der Waals surface area contributed by atoms with Gasteiger partial charge in [-0.1, -0.05) is 48.5 Å². The van der Waals surface area contributed by atoms with Crippen LogP contribution in [-0.4, -0.2) is 196 Å². The summed E-state index contributed by atoms with van der Waals surface area (Å²) >= 11 is 0. The summed E-state index contributed by atoms with van der Waals surface area (Å²) in [5, 5.41) is 146. The van der Waals surface area contributed by atoms with Crippen molar-refractivity contribution in [1.82, 2.24) is 0 Å². The van der Waals surface area contributed by atoms with Crippen LogP contribution in [0.4, 0.5) is 0 Å². The first kappa shape index (κ1) is 43.2. The Morgan fingerprint density at radius 2 is 0.714 bits per heavy atom. The Balaban J connectivity index is 1.22. The van der Waals surface area contributed by atoms with E-state index in [-0.39, 0.29) is 16.7 Å². The summed E-state index contributed by atoms with van der Waals surface area (Å²) in [6.45, 7) is -2.77. The van der Waals surface area contributed by atoms with Crippen LogP contribution in [0.25, 0.3) is 0 Å². The van der Waals surface area contributed by atoms with Crippen LogP contribution in [0.15, 0.2) is 48.5 Å². The van der Waals surface area contributed by atoms with Crippen LogP contribution in [0.1, 0.15) is 46.7 Å². The lowest BCUT2D eigenvalue weighted by Gasteiger charge is -2.45. The first-order chi connectivity index (χ1) is 26.8. The minimum absolute atomic E-state index is 0.227. The van der Waals surface area contributed by atoms with Gasteiger partial charge < -0.3 is 90.4 Å². The van der Waals surface area contributed by atoms with Gasteiger partial charge in [0.2, 0.25) is 0 Å². The van der Waals surface area contributed by atoms with Crippen molar-refractivity contribution in [3.8, 4) is 0 Å². The zero-order chi connectivity index (χ0) is 40.6. The van der Waals surface area contributed by atoms with Gasteiger partial charge in [0.05, 0.1) is 26.4 Å². The molecule has 20 unspecified atom stereocenters. The molecular formula is C36H50O20. The lowest BCUT2D eigenvalue weighted by atomic mass is 9.87. The second-order valence-electron chi connectivity index (χ2n) is 14.5. The second kappa shape index (κ2) is 18.3. The molecule has 56 heavy (non-hydrogen) atoms. The molecular weight excluding hydrogens is 752 g/mol. The van der Waals surface area contributed by atoms with E-state index in [1.165, 1.54) is 48.5 Å². The van der Waals surface area contributed by atoms with Gasteiger partial charge in [0.1, 0.15) is 116 Å². The monoisotopic (exact) mass is 802 g/mol. The topological polar surface area (TPSA) is 339 Å². The van der Waals surface area contributed by atoms with Crippen LogP contribution in [0.3, 0.4) is 0 Å². The van der Waals surface area contributed by atoms with E-state index in [0.29, 0.717) is 5.56 Å². The lowest BCUT2D eigenvalue weighted by molar-refractivity contribution is -0.427. The van der Waals surface area contributed by atoms with Crippen LogP contribution >= 0.6 is 0 Å². The van der Waals surface area contributed by atoms with Crippen molar-refractivity contribution < 1.29 is 100 Å². The van der Waals surface area contributed by atoms with E-state index in [1.807, 2.05) is 0 Å². The quantitative estimate of drug-likeness (QED) is 0.0744. The number of hydrogen-bond acceptors (Lipinski definition) is 20. The summed E-state index contributed by atoms with van der Waals surface area (Å²) in [6, 6.07) is 11.9. The Labute approximate surface area is 319 Å². The highest BCUT2D eigenvalue weighted by molar-refractivity contribution is 5.31. The number of hydrogen-bond donors (Lipinski definition) is 14. The molecule has 4 fully saturated rings. The van der Waals surface area contributed by atoms with Gasteiger partial charge in [-0.05, 0) is 22.3 Å². The van der Waals surface area contributed by atoms with Gasteiger partial charge in [-0.25, -0.2) is 9.78 Å². The third kappa shape index (κ3) is 8.26. The van der Waals surface area contributed by atoms with Gasteiger partial charge >= 0.3 is 0 Å². The number of benzene rings is 2. The molecule has 0 bridgehead atoms. The van der Waals surface area contributed by atoms with Gasteiger partial charge in [0.15, 0.2) is 6.10 Å². The van der Waals surface area contributed by atoms with Gasteiger partial charge in [0.25, 0.3) is 0 Å². The molecule has 20 atom stereocenters. The summed E-state index contributed by atoms with van der Waals surface area (Å²) < 4.78 is 23.0. The molecule has 20 heteroatoms. The van der Waals surface area contributed by atoms with Gasteiger partial charge in [-0.2, -0.15) is 0 Å². The third-order valence-corrected chi connectivity index (χ3v) is 11.0. The van der Waals surface area contributed by atoms with E-state index in [2.05, 4.69) is 0 Å². The van der Waals surface area contributed by atoms with Gasteiger partial charge in [-0.15, -0.1) is 0 Å². The first-order valence-corrected chi connectivity index (χ1v) is 18.1. The van der Waals surface area contributed by atoms with E-state index in [0.717, 1.165) is 0 Å². The molecule has 6 rings (SSSR count). The smallest absolute Gasteiger partial charge is 0.152 e. The Morgan fingerprint density at radius 3 is 1.18 bits per heavy atom. The normalized spacial score (nSPS) is 44.8. The zero-order valence-electron chi connectivity index (χ0n) is 29.7. The molecule has 2 aromatic carbocycles. The fourth-order valence-corrected chi connectivity index (χ4v) is 7.61. The van der Waals surface area contributed by atoms with Crippen LogP contribution < -0.4 is 0 Å². The molecule has 0 aromatic heterocycles. The van der Waals surface area contributed by atoms with Crippen molar-refractivity contribution in [3.63, 3.8) is 0 Å². The molecule has 20 nitrogen and oxygen atoms in total. The fraction of sp³-hybridized carbons (Fsp3) is 0.667. The van der Waals surface area contributed by atoms with Crippen LogP contribution in [-0.2, 0) is 28.7 Å². The van der Waals surface area contributed by atoms with Crippen molar-refractivity contribution in [3.05, 3.63) is 70.8 Å². The van der Waals surface area contributed by atoms with Crippen molar-refractivity contribution in [2.45, 2.75) is 122 Å². The molecule has 4 aliphatic heterocycles. The molecule has 0 radical (unpaired) electrons. The third-order valence-electron chi connectivity index (χ3n) is 11.0. The predicted octanol–water partition coefficient (Wildman–Crippen LogP) is -5.59. The highest BCUT2D eigenvalue weighted by Crippen LogP contribution is 2.40. The SMILES string of the molecule is OCC1OC(c2ccc(C3OC(CO)C(O)C(O)C3OOC3C(O)C(CO)OC(c4cccc(C5OC(CO)C(O)C(O)C5O)c4)C3O)cc2)C(O)C(O)C1O. The molecule has 0 aliphatic carbocycles. The maximum absolute atomic E-state index is 11.5. The molecule has 0 saturated carbocycles. The zero-order valence-corrected chi connectivity index (χ0v) is 29.7. The van der Waals surface area contributed by atoms with Crippen molar-refractivity contribution in [2.75, 3.05) is 26.4 Å². The van der Waals surface area contributed by atoms with E-state index < -0.39 is 149 Å². The second-order valence-corrected chi connectivity index (χ2v) is 14.5. The van der Waals surface area contributed by atoms with Crippen LogP contribution in [0.2, 0.25) is 0 Å². The highest BCUT2D eigenvalue weighted by atomic mass is 17.2. The van der Waals surface area contributed by atoms with Crippen molar-refractivity contribution in [2.24, 2.45) is 0 Å². The number of aliphatic hydroxyl groups is 14. The van der Waals surface area contributed by atoms with Crippen molar-refractivity contribution >= 4 is 0 Å². The molecule has 4 saturated heterocycles. The fourth-order valence-electron chi connectivity index (χ4n) is 7.61. The first-order valence-electron chi connectivity index (χ1n) is 18.1. The van der Waals surface area contributed by atoms with E-state index in [9.17, 15) is 71.5 Å². The van der Waals surface area contributed by atoms with Gasteiger partial charge in [-0.3, -0.25) is 0 Å². The summed E-state index contributed by atoms with van der Waals surface area (Å²) in [5.41, 5.74) is 1.08. The maximum atomic E-state index is 11.5. The molecule has 0 spiro atoms. The largest absolute Gasteiger partial charge is 0.394 e. The molecule has 2 aromatic rings. The van der Waals surface area contributed by atoms with Crippen LogP contribution in [0, 0.1) is 0 Å². The maximum Gasteiger partial charge on any atom is 0.152 e. The molecule has 14 N–H and O–H groups in total. The Morgan fingerprint density at radius 1 is 0.357 bits per heavy atom. The molecule has 314 valence electrons. The summed E-state index contributed by atoms with van der Waals surface area (Å²) in [7, 11) is 0. The molecule has 4 aliphatic rings. The highest BCUT2D eigenvalue weighted by Gasteiger charge is 2.51. The summed E-state index contributed by atoms with van der Waals surface area (Å²) in [5.74, 6) is 0.